The van der Waals surface area contributed by atoms with Crippen LogP contribution < -0.4 is 0 Å². The molecular weight excluding hydrogens is 375 g/mol. The van der Waals surface area contributed by atoms with Gasteiger partial charge in [-0.05, 0) is 31.2 Å². The Balaban J connectivity index is 5.25. The summed E-state index contributed by atoms with van der Waals surface area (Å²) in [5.74, 6) is 0. The van der Waals surface area contributed by atoms with Gasteiger partial charge in [0.1, 0.15) is 0 Å². The van der Waals surface area contributed by atoms with Gasteiger partial charge in [0.25, 0.3) is 0 Å². The molecule has 0 saturated carbocycles. The first-order valence-electron chi connectivity index (χ1n) is 6.73. The van der Waals surface area contributed by atoms with E-state index in [0.717, 1.165) is 0 Å². The minimum absolute atomic E-state index is 0.779. The van der Waals surface area contributed by atoms with Crippen LogP contribution in [0.1, 0.15) is 19.3 Å². The van der Waals surface area contributed by atoms with Crippen molar-refractivity contribution in [2.75, 3.05) is 0 Å². The van der Waals surface area contributed by atoms with Gasteiger partial charge in [0, 0.05) is 19.3 Å². The number of alkyl halides is 9. The fourth-order valence-electron chi connectivity index (χ4n) is 2.07. The molecule has 0 heterocycles. The maximum Gasteiger partial charge on any atom is 0.388 e. The molecule has 139 valence electrons. The molecule has 1 nitrogen and oxygen atoms in total. The Morgan fingerprint density at radius 1 is 0.652 bits per heavy atom. The molecule has 0 aliphatic carbocycles. The van der Waals surface area contributed by atoms with E-state index in [9.17, 15) is 39.5 Å². The Bertz CT molecular complexity index is 303. The summed E-state index contributed by atoms with van der Waals surface area (Å²) >= 11 is 0. The van der Waals surface area contributed by atoms with Crippen LogP contribution in [0.4, 0.5) is 39.5 Å². The Morgan fingerprint density at radius 3 is 1.09 bits per heavy atom. The van der Waals surface area contributed by atoms with Crippen LogP contribution in [-0.4, -0.2) is 35.9 Å². The van der Waals surface area contributed by atoms with Crippen molar-refractivity contribution < 1.29 is 43.6 Å². The second-order valence-electron chi connectivity index (χ2n) is 5.54. The van der Waals surface area contributed by atoms with Gasteiger partial charge in [-0.25, -0.2) is 0 Å². The van der Waals surface area contributed by atoms with Crippen molar-refractivity contribution in [2.24, 2.45) is 0 Å². The first-order valence-corrected chi connectivity index (χ1v) is 11.7. The van der Waals surface area contributed by atoms with Gasteiger partial charge in [-0.2, -0.15) is 39.5 Å². The Hall–Kier alpha value is -0.236. The monoisotopic (exact) mass is 393 g/mol. The smallest absolute Gasteiger partial charge is 0.388 e. The summed E-state index contributed by atoms with van der Waals surface area (Å²) in [5.41, 5.74) is 0. The summed E-state index contributed by atoms with van der Waals surface area (Å²) in [4.78, 5) is 0. The van der Waals surface area contributed by atoms with E-state index >= 15 is 0 Å². The molecule has 0 aliphatic heterocycles. The van der Waals surface area contributed by atoms with Gasteiger partial charge in [0.15, 0.2) is 17.4 Å². The summed E-state index contributed by atoms with van der Waals surface area (Å²) in [6.07, 6.45) is -18.2. The fraction of sp³-hybridized carbons (Fsp3) is 1.00. The Labute approximate surface area is 131 Å². The van der Waals surface area contributed by atoms with E-state index in [1.807, 2.05) is 0 Å². The molecule has 0 N–H and O–H groups in total. The highest BCUT2D eigenvalue weighted by molar-refractivity contribution is 6.79. The molecule has 0 aromatic heterocycles. The van der Waals surface area contributed by atoms with Crippen molar-refractivity contribution in [3.05, 3.63) is 0 Å². The third-order valence-electron chi connectivity index (χ3n) is 3.01. The van der Waals surface area contributed by atoms with E-state index in [-0.39, 0.29) is 0 Å². The highest BCUT2D eigenvalue weighted by Crippen LogP contribution is 2.38. The standard InChI is InChI=1S/C11H18F9OSi2/c1-22(2)21-23(6-3-9(12,13)14,7-4-10(15,16)17)8-5-11(18,19)20/h3-8H2,1-2H3. The van der Waals surface area contributed by atoms with Crippen LogP contribution in [0.5, 0.6) is 0 Å². The van der Waals surface area contributed by atoms with Gasteiger partial charge >= 0.3 is 18.5 Å². The van der Waals surface area contributed by atoms with E-state index < -0.39 is 73.3 Å². The molecule has 0 fully saturated rings. The molecule has 23 heavy (non-hydrogen) atoms. The minimum atomic E-state index is -4.65. The van der Waals surface area contributed by atoms with Crippen LogP contribution in [0.25, 0.3) is 0 Å². The lowest BCUT2D eigenvalue weighted by atomic mass is 10.5. The van der Waals surface area contributed by atoms with Gasteiger partial charge in [-0.1, -0.05) is 0 Å². The third kappa shape index (κ3) is 12.8. The van der Waals surface area contributed by atoms with Gasteiger partial charge < -0.3 is 4.12 Å². The molecule has 0 aromatic carbocycles. The van der Waals surface area contributed by atoms with Gasteiger partial charge in [0.05, 0.1) is 0 Å². The summed E-state index contributed by atoms with van der Waals surface area (Å²) in [5, 5.41) is 0. The van der Waals surface area contributed by atoms with Crippen molar-refractivity contribution in [1.82, 2.24) is 0 Å². The second-order valence-corrected chi connectivity index (χ2v) is 12.0. The minimum Gasteiger partial charge on any atom is -0.455 e. The number of halogens is 9. The Kier molecular flexibility index (Phi) is 8.15. The average Bonchev–Trinajstić information content (AvgIpc) is 2.27. The molecular formula is C11H18F9OSi2. The first-order chi connectivity index (χ1) is 10.0. The molecule has 0 unspecified atom stereocenters. The molecule has 0 aliphatic rings. The molecule has 0 atom stereocenters. The van der Waals surface area contributed by atoms with Crippen LogP contribution in [0.15, 0.2) is 0 Å². The van der Waals surface area contributed by atoms with Gasteiger partial charge in [-0.3, -0.25) is 0 Å². The van der Waals surface area contributed by atoms with Crippen molar-refractivity contribution in [3.63, 3.8) is 0 Å². The van der Waals surface area contributed by atoms with Crippen LogP contribution in [0, 0.1) is 0 Å². The van der Waals surface area contributed by atoms with Crippen LogP contribution in [0.3, 0.4) is 0 Å². The number of hydrogen-bond donors (Lipinski definition) is 0. The van der Waals surface area contributed by atoms with Crippen molar-refractivity contribution in [2.45, 2.75) is 69.0 Å². The zero-order valence-electron chi connectivity index (χ0n) is 12.6. The van der Waals surface area contributed by atoms with Gasteiger partial charge in [0.2, 0.25) is 0 Å². The SMILES string of the molecule is C[Si](C)O[Si](CCC(F)(F)F)(CCC(F)(F)F)CCC(F)(F)F. The zero-order chi connectivity index (χ0) is 18.5. The summed E-state index contributed by atoms with van der Waals surface area (Å²) < 4.78 is 117. The van der Waals surface area contributed by atoms with Crippen molar-refractivity contribution in [1.29, 1.82) is 0 Å². The predicted octanol–water partition coefficient (Wildman–Crippen LogP) is 6.06. The number of rotatable bonds is 8. The second kappa shape index (κ2) is 8.23. The lowest BCUT2D eigenvalue weighted by Gasteiger charge is -2.34. The van der Waals surface area contributed by atoms with E-state index in [4.69, 9.17) is 4.12 Å². The van der Waals surface area contributed by atoms with E-state index in [1.165, 1.54) is 13.1 Å². The average molecular weight is 393 g/mol. The molecule has 0 saturated heterocycles. The van der Waals surface area contributed by atoms with Crippen LogP contribution >= 0.6 is 0 Å². The molecule has 1 radical (unpaired) electrons. The molecule has 12 heteroatoms. The highest BCUT2D eigenvalue weighted by atomic mass is 28.4. The quantitative estimate of drug-likeness (QED) is 0.360. The summed E-state index contributed by atoms with van der Waals surface area (Å²) in [6, 6.07) is -2.34. The summed E-state index contributed by atoms with van der Waals surface area (Å²) in [6.45, 7) is 2.97. The molecule has 0 bridgehead atoms. The molecule has 0 spiro atoms. The normalized spacial score (nSPS) is 14.6. The van der Waals surface area contributed by atoms with E-state index in [0.29, 0.717) is 0 Å². The third-order valence-corrected chi connectivity index (χ3v) is 9.86. The molecule has 0 rings (SSSR count). The van der Waals surface area contributed by atoms with Crippen molar-refractivity contribution in [3.8, 4) is 0 Å². The zero-order valence-corrected chi connectivity index (χ0v) is 14.6. The number of hydrogen-bond acceptors (Lipinski definition) is 1. The van der Waals surface area contributed by atoms with Crippen LogP contribution in [0.2, 0.25) is 31.2 Å². The molecule has 0 amide bonds. The topological polar surface area (TPSA) is 9.23 Å². The van der Waals surface area contributed by atoms with E-state index in [2.05, 4.69) is 0 Å². The maximum atomic E-state index is 12.4. The maximum absolute atomic E-state index is 12.4. The first kappa shape index (κ1) is 22.8. The van der Waals surface area contributed by atoms with E-state index in [1.54, 1.807) is 0 Å². The van der Waals surface area contributed by atoms with Gasteiger partial charge in [-0.15, -0.1) is 0 Å². The Morgan fingerprint density at radius 2 is 0.913 bits per heavy atom. The largest absolute Gasteiger partial charge is 0.455 e. The lowest BCUT2D eigenvalue weighted by molar-refractivity contribution is -0.133. The lowest BCUT2D eigenvalue weighted by Crippen LogP contribution is -2.44. The summed E-state index contributed by atoms with van der Waals surface area (Å²) in [7, 11) is -5.53. The predicted molar refractivity (Wildman–Crippen MR) is 70.8 cm³/mol. The van der Waals surface area contributed by atoms with Crippen molar-refractivity contribution >= 4 is 17.4 Å². The van der Waals surface area contributed by atoms with Crippen LogP contribution in [-0.2, 0) is 4.12 Å². The molecule has 0 aromatic rings. The fourth-order valence-corrected chi connectivity index (χ4v) is 9.73. The highest BCUT2D eigenvalue weighted by Gasteiger charge is 2.45.